The van der Waals surface area contributed by atoms with Crippen molar-refractivity contribution < 1.29 is 31.8 Å². The maximum atomic E-state index is 14.9. The van der Waals surface area contributed by atoms with Crippen molar-refractivity contribution in [3.8, 4) is 33.8 Å². The summed E-state index contributed by atoms with van der Waals surface area (Å²) < 4.78 is 68.7. The van der Waals surface area contributed by atoms with Crippen LogP contribution < -0.4 is 9.47 Å². The topological polar surface area (TPSA) is 35.5 Å². The summed E-state index contributed by atoms with van der Waals surface area (Å²) in [6.45, 7) is 3.99. The highest BCUT2D eigenvalue weighted by molar-refractivity contribution is 5.76. The minimum absolute atomic E-state index is 0.0180. The minimum Gasteiger partial charge on any atom is -0.491 e. The van der Waals surface area contributed by atoms with Crippen LogP contribution in [0.15, 0.2) is 48.5 Å². The van der Waals surface area contributed by atoms with Crippen LogP contribution in [0.2, 0.25) is 0 Å². The Labute approximate surface area is 208 Å². The molecular formula is C29H28F4O3. The Hall–Kier alpha value is -3.35. The Morgan fingerprint density at radius 1 is 0.722 bits per heavy atom. The second-order valence-corrected chi connectivity index (χ2v) is 9.04. The monoisotopic (exact) mass is 500 g/mol. The van der Waals surface area contributed by atoms with Gasteiger partial charge in [0.25, 0.3) is 0 Å². The lowest BCUT2D eigenvalue weighted by molar-refractivity contribution is -0.140. The van der Waals surface area contributed by atoms with Crippen molar-refractivity contribution in [3.05, 3.63) is 71.8 Å². The molecule has 0 N–H and O–H groups in total. The van der Waals surface area contributed by atoms with E-state index in [1.807, 2.05) is 0 Å². The molecule has 0 radical (unpaired) electrons. The minimum atomic E-state index is -1.24. The molecule has 3 nitrogen and oxygen atoms in total. The van der Waals surface area contributed by atoms with Gasteiger partial charge in [0.2, 0.25) is 11.6 Å². The fourth-order valence-electron chi connectivity index (χ4n) is 4.68. The SMILES string of the molecule is CCOc1ccc(-c2ccc(-c3ccc(OC(=O)C4CCC(CC)CC4)c(F)c3F)cc2)c(F)c1F. The number of carbonyl (C=O) groups excluding carboxylic acids is 1. The smallest absolute Gasteiger partial charge is 0.314 e. The fraction of sp³-hybridized carbons (Fsp3) is 0.345. The van der Waals surface area contributed by atoms with Crippen molar-refractivity contribution in [1.82, 2.24) is 0 Å². The molecule has 0 heterocycles. The van der Waals surface area contributed by atoms with Gasteiger partial charge in [0.1, 0.15) is 0 Å². The number of rotatable bonds is 7. The van der Waals surface area contributed by atoms with Crippen molar-refractivity contribution >= 4 is 5.97 Å². The van der Waals surface area contributed by atoms with E-state index in [1.165, 1.54) is 48.5 Å². The summed E-state index contributed by atoms with van der Waals surface area (Å²) in [7, 11) is 0. The average Bonchev–Trinajstić information content (AvgIpc) is 2.90. The molecule has 1 aliphatic carbocycles. The number of esters is 1. The second kappa shape index (κ2) is 11.1. The van der Waals surface area contributed by atoms with E-state index in [2.05, 4.69) is 6.92 Å². The highest BCUT2D eigenvalue weighted by atomic mass is 19.2. The van der Waals surface area contributed by atoms with E-state index in [0.29, 0.717) is 29.9 Å². The molecule has 3 aromatic carbocycles. The highest BCUT2D eigenvalue weighted by Gasteiger charge is 2.28. The Morgan fingerprint density at radius 3 is 1.72 bits per heavy atom. The largest absolute Gasteiger partial charge is 0.491 e. The van der Waals surface area contributed by atoms with E-state index in [0.717, 1.165) is 19.3 Å². The number of carbonyl (C=O) groups is 1. The third kappa shape index (κ3) is 5.25. The van der Waals surface area contributed by atoms with Crippen molar-refractivity contribution in [2.75, 3.05) is 6.61 Å². The predicted molar refractivity (Wildman–Crippen MR) is 130 cm³/mol. The molecule has 36 heavy (non-hydrogen) atoms. The molecule has 0 bridgehead atoms. The summed E-state index contributed by atoms with van der Waals surface area (Å²) in [5, 5.41) is 0. The van der Waals surface area contributed by atoms with Crippen LogP contribution in [0, 0.1) is 35.1 Å². The summed E-state index contributed by atoms with van der Waals surface area (Å²) in [6, 6.07) is 11.3. The van der Waals surface area contributed by atoms with Crippen LogP contribution in [0.1, 0.15) is 46.0 Å². The Bertz CT molecular complexity index is 1230. The predicted octanol–water partition coefficient (Wildman–Crippen LogP) is 8.10. The molecule has 3 aromatic rings. The fourth-order valence-corrected chi connectivity index (χ4v) is 4.68. The summed E-state index contributed by atoms with van der Waals surface area (Å²) in [4.78, 5) is 12.5. The molecule has 7 heteroatoms. The zero-order chi connectivity index (χ0) is 25.8. The normalized spacial score (nSPS) is 17.6. The van der Waals surface area contributed by atoms with Crippen LogP contribution in [-0.4, -0.2) is 12.6 Å². The van der Waals surface area contributed by atoms with Gasteiger partial charge in [-0.2, -0.15) is 8.78 Å². The van der Waals surface area contributed by atoms with Crippen LogP contribution in [0.4, 0.5) is 17.6 Å². The van der Waals surface area contributed by atoms with Gasteiger partial charge in [0.05, 0.1) is 12.5 Å². The lowest BCUT2D eigenvalue weighted by atomic mass is 9.81. The van der Waals surface area contributed by atoms with E-state index in [9.17, 15) is 22.4 Å². The third-order valence-corrected chi connectivity index (χ3v) is 6.87. The summed E-state index contributed by atoms with van der Waals surface area (Å²) in [5.41, 5.74) is 0.671. The molecule has 1 fully saturated rings. The lowest BCUT2D eigenvalue weighted by Crippen LogP contribution is -2.25. The first-order chi connectivity index (χ1) is 17.3. The standard InChI is InChI=1S/C29H28F4O3/c1-3-17-5-7-20(8-6-17)29(34)36-24-16-14-22(26(31)28(24)33)19-11-9-18(10-12-19)21-13-15-23(35-4-2)27(32)25(21)30/h9-17,20H,3-8H2,1-2H3. The lowest BCUT2D eigenvalue weighted by Gasteiger charge is -2.26. The van der Waals surface area contributed by atoms with Crippen molar-refractivity contribution in [2.24, 2.45) is 11.8 Å². The highest BCUT2D eigenvalue weighted by Crippen LogP contribution is 2.35. The van der Waals surface area contributed by atoms with Gasteiger partial charge in [-0.1, -0.05) is 37.6 Å². The Morgan fingerprint density at radius 2 is 1.22 bits per heavy atom. The molecule has 0 amide bonds. The quantitative estimate of drug-likeness (QED) is 0.187. The van der Waals surface area contributed by atoms with Gasteiger partial charge in [-0.15, -0.1) is 0 Å². The van der Waals surface area contributed by atoms with Crippen LogP contribution in [0.5, 0.6) is 11.5 Å². The molecule has 4 rings (SSSR count). The number of ether oxygens (including phenoxy) is 2. The van der Waals surface area contributed by atoms with Crippen LogP contribution in [0.25, 0.3) is 22.3 Å². The van der Waals surface area contributed by atoms with Crippen LogP contribution >= 0.6 is 0 Å². The summed E-state index contributed by atoms with van der Waals surface area (Å²) in [5.74, 6) is -5.41. The summed E-state index contributed by atoms with van der Waals surface area (Å²) >= 11 is 0. The molecule has 0 saturated heterocycles. The van der Waals surface area contributed by atoms with Gasteiger partial charge in [0, 0.05) is 11.1 Å². The summed E-state index contributed by atoms with van der Waals surface area (Å²) in [6.07, 6.45) is 4.29. The Kier molecular flexibility index (Phi) is 7.97. The first-order valence-corrected chi connectivity index (χ1v) is 12.2. The maximum absolute atomic E-state index is 14.9. The van der Waals surface area contributed by atoms with E-state index >= 15 is 0 Å². The molecule has 1 saturated carbocycles. The first-order valence-electron chi connectivity index (χ1n) is 12.2. The molecule has 0 unspecified atom stereocenters. The zero-order valence-corrected chi connectivity index (χ0v) is 20.3. The molecule has 0 spiro atoms. The van der Waals surface area contributed by atoms with Crippen LogP contribution in [-0.2, 0) is 4.79 Å². The molecular weight excluding hydrogens is 472 g/mol. The second-order valence-electron chi connectivity index (χ2n) is 9.04. The van der Waals surface area contributed by atoms with Crippen LogP contribution in [0.3, 0.4) is 0 Å². The maximum Gasteiger partial charge on any atom is 0.314 e. The average molecular weight is 501 g/mol. The Balaban J connectivity index is 1.51. The van der Waals surface area contributed by atoms with E-state index in [-0.39, 0.29) is 29.4 Å². The van der Waals surface area contributed by atoms with Gasteiger partial charge in [-0.05, 0) is 73.9 Å². The molecule has 0 aromatic heterocycles. The number of halogens is 4. The van der Waals surface area contributed by atoms with Gasteiger partial charge in [0.15, 0.2) is 23.1 Å². The molecule has 190 valence electrons. The number of benzene rings is 3. The van der Waals surface area contributed by atoms with Crippen molar-refractivity contribution in [3.63, 3.8) is 0 Å². The number of hydrogen-bond acceptors (Lipinski definition) is 3. The van der Waals surface area contributed by atoms with Gasteiger partial charge in [-0.3, -0.25) is 4.79 Å². The van der Waals surface area contributed by atoms with E-state index < -0.39 is 35.0 Å². The van der Waals surface area contributed by atoms with E-state index in [1.54, 1.807) is 6.92 Å². The third-order valence-electron chi connectivity index (χ3n) is 6.87. The van der Waals surface area contributed by atoms with Gasteiger partial charge >= 0.3 is 5.97 Å². The van der Waals surface area contributed by atoms with Gasteiger partial charge < -0.3 is 9.47 Å². The molecule has 1 aliphatic rings. The van der Waals surface area contributed by atoms with Gasteiger partial charge in [-0.25, -0.2) is 8.78 Å². The molecule has 0 aliphatic heterocycles. The van der Waals surface area contributed by atoms with Crippen molar-refractivity contribution in [2.45, 2.75) is 46.0 Å². The first kappa shape index (κ1) is 25.7. The number of hydrogen-bond donors (Lipinski definition) is 0. The van der Waals surface area contributed by atoms with E-state index in [4.69, 9.17) is 9.47 Å². The molecule has 0 atom stereocenters. The van der Waals surface area contributed by atoms with Crippen molar-refractivity contribution in [1.29, 1.82) is 0 Å². The zero-order valence-electron chi connectivity index (χ0n) is 20.3.